The number of halogens is 1. The third-order valence-corrected chi connectivity index (χ3v) is 4.15. The molecule has 2 aromatic rings. The Balaban J connectivity index is 0.00000288. The number of nitrogens with two attached hydrogens (primary N) is 1. The summed E-state index contributed by atoms with van der Waals surface area (Å²) in [4.78, 5) is 17.5. The molecule has 5 nitrogen and oxygen atoms in total. The van der Waals surface area contributed by atoms with Gasteiger partial charge in [0.25, 0.3) is 5.91 Å². The minimum atomic E-state index is -0.0799. The van der Waals surface area contributed by atoms with Gasteiger partial charge in [-0.2, -0.15) is 0 Å². The van der Waals surface area contributed by atoms with E-state index in [1.165, 1.54) is 4.88 Å². The number of guanidine groups is 1. The quantitative estimate of drug-likeness (QED) is 0.258. The van der Waals surface area contributed by atoms with Crippen LogP contribution in [0.2, 0.25) is 0 Å². The molecule has 0 spiro atoms. The van der Waals surface area contributed by atoms with Gasteiger partial charge in [0.1, 0.15) is 0 Å². The number of carbonyl (C=O) groups is 1. The van der Waals surface area contributed by atoms with Crippen LogP contribution in [0.25, 0.3) is 0 Å². The molecule has 0 atom stereocenters. The molecule has 0 saturated heterocycles. The standard InChI is InChI=1S/C17H22N4OS.HI/c1-13-4-2-5-14(12-13)16(22)19-9-10-21-17(18)20-8-7-15-6-3-11-23-15;/h2-6,11-12H,7-10H2,1H3,(H,19,22)(H3,18,20,21);1H. The van der Waals surface area contributed by atoms with Gasteiger partial charge < -0.3 is 16.4 Å². The average molecular weight is 458 g/mol. The summed E-state index contributed by atoms with van der Waals surface area (Å²) in [7, 11) is 0. The molecule has 0 unspecified atom stereocenters. The van der Waals surface area contributed by atoms with Gasteiger partial charge in [0.15, 0.2) is 5.96 Å². The molecule has 2 rings (SSSR count). The van der Waals surface area contributed by atoms with Crippen molar-refractivity contribution in [3.8, 4) is 0 Å². The van der Waals surface area contributed by atoms with Crippen LogP contribution in [0.4, 0.5) is 0 Å². The lowest BCUT2D eigenvalue weighted by molar-refractivity contribution is 0.0954. The van der Waals surface area contributed by atoms with Gasteiger partial charge in [0, 0.05) is 36.5 Å². The van der Waals surface area contributed by atoms with E-state index in [1.807, 2.05) is 31.2 Å². The summed E-state index contributed by atoms with van der Waals surface area (Å²) >= 11 is 1.72. The second-order valence-electron chi connectivity index (χ2n) is 5.15. The number of nitrogens with zero attached hydrogens (tertiary/aromatic N) is 1. The fraction of sp³-hybridized carbons (Fsp3) is 0.294. The van der Waals surface area contributed by atoms with Crippen molar-refractivity contribution in [2.24, 2.45) is 10.7 Å². The number of hydrogen-bond acceptors (Lipinski definition) is 3. The summed E-state index contributed by atoms with van der Waals surface area (Å²) < 4.78 is 0. The first-order valence-corrected chi connectivity index (χ1v) is 8.44. The van der Waals surface area contributed by atoms with E-state index in [-0.39, 0.29) is 29.9 Å². The summed E-state index contributed by atoms with van der Waals surface area (Å²) in [6.07, 6.45) is 0.893. The van der Waals surface area contributed by atoms with Crippen LogP contribution in [0.15, 0.2) is 46.8 Å². The first kappa shape index (κ1) is 20.4. The number of hydrogen-bond donors (Lipinski definition) is 3. The maximum absolute atomic E-state index is 11.9. The molecule has 0 aliphatic carbocycles. The zero-order chi connectivity index (χ0) is 16.5. The number of aliphatic imine (C=N–C) groups is 1. The smallest absolute Gasteiger partial charge is 0.251 e. The molecule has 0 saturated carbocycles. The minimum Gasteiger partial charge on any atom is -0.370 e. The van der Waals surface area contributed by atoms with E-state index < -0.39 is 0 Å². The van der Waals surface area contributed by atoms with Crippen molar-refractivity contribution in [1.82, 2.24) is 10.6 Å². The molecule has 0 aliphatic rings. The van der Waals surface area contributed by atoms with Gasteiger partial charge >= 0.3 is 0 Å². The summed E-state index contributed by atoms with van der Waals surface area (Å²) in [6.45, 7) is 3.67. The fourth-order valence-electron chi connectivity index (χ4n) is 2.05. The van der Waals surface area contributed by atoms with Crippen molar-refractivity contribution in [2.75, 3.05) is 19.6 Å². The monoisotopic (exact) mass is 458 g/mol. The van der Waals surface area contributed by atoms with Crippen molar-refractivity contribution < 1.29 is 4.79 Å². The van der Waals surface area contributed by atoms with Gasteiger partial charge in [-0.05, 0) is 30.5 Å². The lowest BCUT2D eigenvalue weighted by atomic mass is 10.1. The lowest BCUT2D eigenvalue weighted by Crippen LogP contribution is -2.38. The molecule has 1 aromatic carbocycles. The first-order valence-electron chi connectivity index (χ1n) is 7.56. The van der Waals surface area contributed by atoms with E-state index in [9.17, 15) is 4.79 Å². The molecular weight excluding hydrogens is 435 g/mol. The Morgan fingerprint density at radius 2 is 2.00 bits per heavy atom. The Morgan fingerprint density at radius 3 is 2.71 bits per heavy atom. The Kier molecular flexibility index (Phi) is 9.39. The van der Waals surface area contributed by atoms with Crippen molar-refractivity contribution in [1.29, 1.82) is 0 Å². The first-order chi connectivity index (χ1) is 11.1. The van der Waals surface area contributed by atoms with Crippen molar-refractivity contribution in [3.05, 3.63) is 57.8 Å². The third-order valence-electron chi connectivity index (χ3n) is 3.22. The number of carbonyl (C=O) groups excluding carboxylic acids is 1. The maximum atomic E-state index is 11.9. The van der Waals surface area contributed by atoms with Crippen molar-refractivity contribution in [2.45, 2.75) is 13.3 Å². The van der Waals surface area contributed by atoms with E-state index in [1.54, 1.807) is 17.4 Å². The maximum Gasteiger partial charge on any atom is 0.251 e. The molecule has 0 fully saturated rings. The van der Waals surface area contributed by atoms with Crippen molar-refractivity contribution in [3.63, 3.8) is 0 Å². The number of aryl methyl sites for hydroxylation is 1. The predicted molar refractivity (Wildman–Crippen MR) is 111 cm³/mol. The summed E-state index contributed by atoms with van der Waals surface area (Å²) in [5, 5.41) is 7.90. The molecule has 7 heteroatoms. The highest BCUT2D eigenvalue weighted by atomic mass is 127. The number of amides is 1. The van der Waals surface area contributed by atoms with Gasteiger partial charge in [-0.15, -0.1) is 35.3 Å². The Bertz CT molecular complexity index is 658. The number of nitrogens with one attached hydrogen (secondary N) is 2. The molecule has 0 bridgehead atoms. The second kappa shape index (κ2) is 11.0. The number of benzene rings is 1. The predicted octanol–water partition coefficient (Wildman–Crippen LogP) is 2.55. The molecule has 0 radical (unpaired) electrons. The van der Waals surface area contributed by atoms with Crippen LogP contribution < -0.4 is 16.4 Å². The lowest BCUT2D eigenvalue weighted by Gasteiger charge is -2.08. The van der Waals surface area contributed by atoms with E-state index in [0.717, 1.165) is 12.0 Å². The highest BCUT2D eigenvalue weighted by Crippen LogP contribution is 2.08. The average Bonchev–Trinajstić information content (AvgIpc) is 3.04. The molecule has 1 aromatic heterocycles. The third kappa shape index (κ3) is 7.31. The Labute approximate surface area is 163 Å². The number of thiophene rings is 1. The van der Waals surface area contributed by atoms with Gasteiger partial charge in [-0.3, -0.25) is 9.79 Å². The van der Waals surface area contributed by atoms with Crippen LogP contribution in [0.3, 0.4) is 0 Å². The molecular formula is C17H23IN4OS. The van der Waals surface area contributed by atoms with Gasteiger partial charge in [0.05, 0.1) is 0 Å². The molecule has 1 amide bonds. The van der Waals surface area contributed by atoms with Crippen LogP contribution in [-0.2, 0) is 6.42 Å². The topological polar surface area (TPSA) is 79.5 Å². The SMILES string of the molecule is Cc1cccc(C(=O)NCCNC(N)=NCCc2cccs2)c1.I. The van der Waals surface area contributed by atoms with Crippen LogP contribution >= 0.6 is 35.3 Å². The Hall–Kier alpha value is -1.61. The molecule has 1 heterocycles. The second-order valence-corrected chi connectivity index (χ2v) is 6.18. The number of rotatable bonds is 7. The molecule has 130 valence electrons. The van der Waals surface area contributed by atoms with Crippen molar-refractivity contribution >= 4 is 47.2 Å². The van der Waals surface area contributed by atoms with Gasteiger partial charge in [-0.1, -0.05) is 23.8 Å². The fourth-order valence-corrected chi connectivity index (χ4v) is 2.75. The van der Waals surface area contributed by atoms with Crippen LogP contribution in [0.5, 0.6) is 0 Å². The highest BCUT2D eigenvalue weighted by Gasteiger charge is 2.04. The van der Waals surface area contributed by atoms with Gasteiger partial charge in [0.2, 0.25) is 0 Å². The molecule has 4 N–H and O–H groups in total. The van der Waals surface area contributed by atoms with Gasteiger partial charge in [-0.25, -0.2) is 0 Å². The summed E-state index contributed by atoms with van der Waals surface area (Å²) in [6, 6.07) is 11.6. The van der Waals surface area contributed by atoms with E-state index >= 15 is 0 Å². The zero-order valence-electron chi connectivity index (χ0n) is 13.6. The van der Waals surface area contributed by atoms with E-state index in [0.29, 0.717) is 31.2 Å². The Morgan fingerprint density at radius 1 is 1.21 bits per heavy atom. The van der Waals surface area contributed by atoms with Crippen LogP contribution in [0, 0.1) is 6.92 Å². The van der Waals surface area contributed by atoms with Crippen LogP contribution in [-0.4, -0.2) is 31.5 Å². The molecule has 0 aliphatic heterocycles. The summed E-state index contributed by atoms with van der Waals surface area (Å²) in [5.41, 5.74) is 7.53. The van der Waals surface area contributed by atoms with Crippen LogP contribution in [0.1, 0.15) is 20.8 Å². The van der Waals surface area contributed by atoms with E-state index in [2.05, 4.69) is 27.1 Å². The van der Waals surface area contributed by atoms with E-state index in [4.69, 9.17) is 5.73 Å². The summed E-state index contributed by atoms with van der Waals surface area (Å²) in [5.74, 6) is 0.329. The normalized spacial score (nSPS) is 10.8. The zero-order valence-corrected chi connectivity index (χ0v) is 16.8. The minimum absolute atomic E-state index is 0. The largest absolute Gasteiger partial charge is 0.370 e. The highest BCUT2D eigenvalue weighted by molar-refractivity contribution is 14.0. The molecule has 24 heavy (non-hydrogen) atoms.